The summed E-state index contributed by atoms with van der Waals surface area (Å²) >= 11 is 0. The molecule has 2 aromatic rings. The van der Waals surface area contributed by atoms with E-state index in [2.05, 4.69) is 17.6 Å². The normalized spacial score (nSPS) is 15.6. The molecule has 2 amide bonds. The largest absolute Gasteiger partial charge is 0.493 e. The SMILES string of the molecule is CCCCCOc1ccccc1C(=O)Nc1cccc(C(=O)NCC2CCCO2)c1. The number of rotatable bonds is 10. The highest BCUT2D eigenvalue weighted by Crippen LogP contribution is 2.21. The number of nitrogens with one attached hydrogen (secondary N) is 2. The number of anilines is 1. The summed E-state index contributed by atoms with van der Waals surface area (Å²) < 4.78 is 11.3. The molecule has 1 fully saturated rings. The lowest BCUT2D eigenvalue weighted by Crippen LogP contribution is -2.31. The molecule has 2 N–H and O–H groups in total. The molecule has 0 spiro atoms. The summed E-state index contributed by atoms with van der Waals surface area (Å²) in [6, 6.07) is 14.1. The van der Waals surface area contributed by atoms with Gasteiger partial charge in [0, 0.05) is 24.4 Å². The van der Waals surface area contributed by atoms with Crippen molar-refractivity contribution in [2.24, 2.45) is 0 Å². The van der Waals surface area contributed by atoms with Crippen molar-refractivity contribution in [3.05, 3.63) is 59.7 Å². The van der Waals surface area contributed by atoms with Crippen LogP contribution >= 0.6 is 0 Å². The zero-order chi connectivity index (χ0) is 21.2. The second-order valence-electron chi connectivity index (χ2n) is 7.43. The summed E-state index contributed by atoms with van der Waals surface area (Å²) in [6.07, 6.45) is 5.25. The van der Waals surface area contributed by atoms with Gasteiger partial charge in [-0.2, -0.15) is 0 Å². The number of para-hydroxylation sites is 1. The molecule has 1 aliphatic rings. The van der Waals surface area contributed by atoms with Gasteiger partial charge in [0.15, 0.2) is 0 Å². The molecule has 1 unspecified atom stereocenters. The molecular formula is C24H30N2O4. The molecule has 6 nitrogen and oxygen atoms in total. The third kappa shape index (κ3) is 6.32. The Bertz CT molecular complexity index is 847. The van der Waals surface area contributed by atoms with Gasteiger partial charge in [0.25, 0.3) is 11.8 Å². The van der Waals surface area contributed by atoms with Gasteiger partial charge in [0.2, 0.25) is 0 Å². The van der Waals surface area contributed by atoms with Crippen LogP contribution < -0.4 is 15.4 Å². The molecule has 0 saturated carbocycles. The lowest BCUT2D eigenvalue weighted by Gasteiger charge is -2.13. The zero-order valence-corrected chi connectivity index (χ0v) is 17.5. The van der Waals surface area contributed by atoms with Crippen molar-refractivity contribution in [1.82, 2.24) is 5.32 Å². The van der Waals surface area contributed by atoms with E-state index in [0.717, 1.165) is 38.7 Å². The summed E-state index contributed by atoms with van der Waals surface area (Å²) in [7, 11) is 0. The first-order chi connectivity index (χ1) is 14.7. The maximum absolute atomic E-state index is 12.8. The van der Waals surface area contributed by atoms with Crippen LogP contribution in [0.2, 0.25) is 0 Å². The van der Waals surface area contributed by atoms with Gasteiger partial charge in [-0.3, -0.25) is 9.59 Å². The van der Waals surface area contributed by atoms with E-state index in [0.29, 0.717) is 35.7 Å². The van der Waals surface area contributed by atoms with Gasteiger partial charge in [0.1, 0.15) is 5.75 Å². The summed E-state index contributed by atoms with van der Waals surface area (Å²) in [6.45, 7) is 3.97. The third-order valence-electron chi connectivity index (χ3n) is 5.03. The first kappa shape index (κ1) is 21.8. The van der Waals surface area contributed by atoms with Crippen molar-refractivity contribution in [2.45, 2.75) is 45.1 Å². The number of benzene rings is 2. The highest BCUT2D eigenvalue weighted by Gasteiger charge is 2.17. The standard InChI is InChI=1S/C24H30N2O4/c1-2-3-6-14-30-22-13-5-4-12-21(22)24(28)26-19-10-7-9-18(16-19)23(27)25-17-20-11-8-15-29-20/h4-5,7,9-10,12-13,16,20H,2-3,6,8,11,14-15,17H2,1H3,(H,25,27)(H,26,28). The van der Waals surface area contributed by atoms with Gasteiger partial charge in [-0.25, -0.2) is 0 Å². The van der Waals surface area contributed by atoms with E-state index in [9.17, 15) is 9.59 Å². The molecule has 0 bridgehead atoms. The van der Waals surface area contributed by atoms with Crippen molar-refractivity contribution in [3.8, 4) is 5.75 Å². The average Bonchev–Trinajstić information content (AvgIpc) is 3.29. The maximum atomic E-state index is 12.8. The van der Waals surface area contributed by atoms with Crippen LogP contribution in [0.15, 0.2) is 48.5 Å². The van der Waals surface area contributed by atoms with Crippen LogP contribution in [0.25, 0.3) is 0 Å². The molecule has 0 radical (unpaired) electrons. The highest BCUT2D eigenvalue weighted by atomic mass is 16.5. The fraction of sp³-hybridized carbons (Fsp3) is 0.417. The van der Waals surface area contributed by atoms with Crippen LogP contribution in [-0.4, -0.2) is 37.7 Å². The highest BCUT2D eigenvalue weighted by molar-refractivity contribution is 6.06. The fourth-order valence-electron chi connectivity index (χ4n) is 3.36. The quantitative estimate of drug-likeness (QED) is 0.569. The van der Waals surface area contributed by atoms with Gasteiger partial charge in [-0.15, -0.1) is 0 Å². The van der Waals surface area contributed by atoms with Crippen molar-refractivity contribution in [1.29, 1.82) is 0 Å². The lowest BCUT2D eigenvalue weighted by atomic mass is 10.1. The maximum Gasteiger partial charge on any atom is 0.259 e. The van der Waals surface area contributed by atoms with E-state index >= 15 is 0 Å². The van der Waals surface area contributed by atoms with E-state index in [1.807, 2.05) is 12.1 Å². The first-order valence-electron chi connectivity index (χ1n) is 10.7. The van der Waals surface area contributed by atoms with Crippen LogP contribution in [0.1, 0.15) is 59.7 Å². The topological polar surface area (TPSA) is 76.7 Å². The van der Waals surface area contributed by atoms with Crippen molar-refractivity contribution < 1.29 is 19.1 Å². The second-order valence-corrected chi connectivity index (χ2v) is 7.43. The number of carbonyl (C=O) groups excluding carboxylic acids is 2. The monoisotopic (exact) mass is 410 g/mol. The first-order valence-corrected chi connectivity index (χ1v) is 10.7. The Morgan fingerprint density at radius 2 is 1.97 bits per heavy atom. The number of carbonyl (C=O) groups is 2. The average molecular weight is 411 g/mol. The molecule has 2 aromatic carbocycles. The molecular weight excluding hydrogens is 380 g/mol. The smallest absolute Gasteiger partial charge is 0.259 e. The Morgan fingerprint density at radius 1 is 1.10 bits per heavy atom. The molecule has 6 heteroatoms. The molecule has 160 valence electrons. The Labute approximate surface area is 178 Å². The van der Waals surface area contributed by atoms with Crippen LogP contribution in [-0.2, 0) is 4.74 Å². The van der Waals surface area contributed by atoms with Crippen LogP contribution in [0.4, 0.5) is 5.69 Å². The molecule has 0 aromatic heterocycles. The van der Waals surface area contributed by atoms with Gasteiger partial charge >= 0.3 is 0 Å². The van der Waals surface area contributed by atoms with Crippen molar-refractivity contribution in [2.75, 3.05) is 25.1 Å². The van der Waals surface area contributed by atoms with Crippen LogP contribution in [0.5, 0.6) is 5.75 Å². The Balaban J connectivity index is 1.60. The number of unbranched alkanes of at least 4 members (excludes halogenated alkanes) is 2. The van der Waals surface area contributed by atoms with Crippen molar-refractivity contribution >= 4 is 17.5 Å². The van der Waals surface area contributed by atoms with Gasteiger partial charge < -0.3 is 20.1 Å². The van der Waals surface area contributed by atoms with Gasteiger partial charge in [-0.1, -0.05) is 38.0 Å². The van der Waals surface area contributed by atoms with Gasteiger partial charge in [-0.05, 0) is 49.6 Å². The molecule has 1 saturated heterocycles. The zero-order valence-electron chi connectivity index (χ0n) is 17.5. The summed E-state index contributed by atoms with van der Waals surface area (Å²) in [5.41, 5.74) is 1.53. The molecule has 0 aliphatic carbocycles. The van der Waals surface area contributed by atoms with E-state index in [4.69, 9.17) is 9.47 Å². The predicted molar refractivity (Wildman–Crippen MR) is 117 cm³/mol. The Morgan fingerprint density at radius 3 is 2.77 bits per heavy atom. The fourth-order valence-corrected chi connectivity index (χ4v) is 3.36. The van der Waals surface area contributed by atoms with E-state index in [1.165, 1.54) is 0 Å². The number of hydrogen-bond acceptors (Lipinski definition) is 4. The number of amides is 2. The predicted octanol–water partition coefficient (Wildman–Crippen LogP) is 4.42. The molecule has 1 heterocycles. The summed E-state index contributed by atoms with van der Waals surface area (Å²) in [5.74, 6) is 0.121. The number of ether oxygens (including phenoxy) is 2. The Kier molecular flexibility index (Phi) is 8.27. The van der Waals surface area contributed by atoms with Crippen LogP contribution in [0, 0.1) is 0 Å². The minimum Gasteiger partial charge on any atom is -0.493 e. The Hall–Kier alpha value is -2.86. The molecule has 3 rings (SSSR count). The lowest BCUT2D eigenvalue weighted by molar-refractivity contribution is 0.0857. The van der Waals surface area contributed by atoms with E-state index in [1.54, 1.807) is 36.4 Å². The van der Waals surface area contributed by atoms with E-state index < -0.39 is 0 Å². The third-order valence-corrected chi connectivity index (χ3v) is 5.03. The molecule has 1 atom stereocenters. The second kappa shape index (κ2) is 11.4. The molecule has 1 aliphatic heterocycles. The number of hydrogen-bond donors (Lipinski definition) is 2. The van der Waals surface area contributed by atoms with Crippen LogP contribution in [0.3, 0.4) is 0 Å². The minimum atomic E-state index is -0.266. The summed E-state index contributed by atoms with van der Waals surface area (Å²) in [5, 5.41) is 5.77. The minimum absolute atomic E-state index is 0.0886. The van der Waals surface area contributed by atoms with Crippen molar-refractivity contribution in [3.63, 3.8) is 0 Å². The van der Waals surface area contributed by atoms with E-state index in [-0.39, 0.29) is 17.9 Å². The van der Waals surface area contributed by atoms with Gasteiger partial charge in [0.05, 0.1) is 18.3 Å². The molecule has 30 heavy (non-hydrogen) atoms. The summed E-state index contributed by atoms with van der Waals surface area (Å²) in [4.78, 5) is 25.2.